The van der Waals surface area contributed by atoms with Gasteiger partial charge in [0.1, 0.15) is 28.9 Å². The number of aliphatic hydroxyl groups is 1. The third-order valence-electron chi connectivity index (χ3n) is 4.17. The summed E-state index contributed by atoms with van der Waals surface area (Å²) in [6, 6.07) is 0. The fourth-order valence-corrected chi connectivity index (χ4v) is 6.15. The monoisotopic (exact) mass is 538 g/mol. The van der Waals surface area contributed by atoms with Gasteiger partial charge in [-0.15, -0.1) is 11.6 Å². The highest BCUT2D eigenvalue weighted by molar-refractivity contribution is 7.66. The van der Waals surface area contributed by atoms with Crippen LogP contribution in [-0.4, -0.2) is 63.0 Å². The number of alkyl halides is 1. The SMILES string of the molecule is C[C@@]1(Cl)[C@H](O)[C@@H](COP(=O)(O)OP(=O)(O)OP(=O)([O-])O)O[C@H]1n1cnc2c(N)ncnc21. The summed E-state index contributed by atoms with van der Waals surface area (Å²) in [7, 11) is -17.0. The lowest BCUT2D eigenvalue weighted by Crippen LogP contribution is -2.39. The molecular formula is C11H16ClN5O12P3-. The fraction of sp³-hybridized carbons (Fsp3) is 0.545. The van der Waals surface area contributed by atoms with Gasteiger partial charge in [0.2, 0.25) is 0 Å². The van der Waals surface area contributed by atoms with Crippen molar-refractivity contribution in [3.8, 4) is 0 Å². The third-order valence-corrected chi connectivity index (χ3v) is 8.36. The number of nitrogen functional groups attached to an aromatic ring is 1. The Balaban J connectivity index is 1.74. The maximum atomic E-state index is 11.9. The van der Waals surface area contributed by atoms with Crippen LogP contribution in [-0.2, 0) is 31.6 Å². The Morgan fingerprint density at radius 3 is 2.53 bits per heavy atom. The Labute approximate surface area is 183 Å². The molecule has 3 rings (SSSR count). The Morgan fingerprint density at radius 1 is 1.25 bits per heavy atom. The number of ether oxygens (including phenoxy) is 1. The first kappa shape index (κ1) is 25.6. The van der Waals surface area contributed by atoms with E-state index in [9.17, 15) is 28.6 Å². The molecule has 32 heavy (non-hydrogen) atoms. The Hall–Kier alpha value is -1.03. The number of rotatable bonds is 8. The predicted octanol–water partition coefficient (Wildman–Crippen LogP) is -0.624. The van der Waals surface area contributed by atoms with Crippen LogP contribution in [0.2, 0.25) is 0 Å². The molecule has 180 valence electrons. The summed E-state index contributed by atoms with van der Waals surface area (Å²) in [4.78, 5) is 47.9. The second-order valence-electron chi connectivity index (χ2n) is 6.57. The van der Waals surface area contributed by atoms with Gasteiger partial charge in [-0.05, 0) is 6.92 Å². The quantitative estimate of drug-likeness (QED) is 0.207. The largest absolute Gasteiger partial charge is 0.756 e. The predicted molar refractivity (Wildman–Crippen MR) is 102 cm³/mol. The summed E-state index contributed by atoms with van der Waals surface area (Å²) in [5.41, 5.74) is 6.16. The van der Waals surface area contributed by atoms with Gasteiger partial charge in [-0.25, -0.2) is 28.4 Å². The lowest BCUT2D eigenvalue weighted by molar-refractivity contribution is -0.212. The zero-order valence-corrected chi connectivity index (χ0v) is 19.2. The van der Waals surface area contributed by atoms with Gasteiger partial charge in [-0.2, -0.15) is 4.31 Å². The Kier molecular flexibility index (Phi) is 6.91. The van der Waals surface area contributed by atoms with Gasteiger partial charge >= 0.3 is 15.6 Å². The topological polar surface area (TPSA) is 262 Å². The molecule has 2 aromatic rings. The normalized spacial score (nSPS) is 31.8. The first-order valence-corrected chi connectivity index (χ1v) is 13.1. The number of nitrogens with two attached hydrogens (primary N) is 1. The zero-order valence-electron chi connectivity index (χ0n) is 15.7. The van der Waals surface area contributed by atoms with Crippen molar-refractivity contribution in [1.29, 1.82) is 0 Å². The minimum Gasteiger partial charge on any atom is -0.756 e. The van der Waals surface area contributed by atoms with Crippen LogP contribution in [0.4, 0.5) is 5.82 Å². The van der Waals surface area contributed by atoms with Crippen LogP contribution in [0.5, 0.6) is 0 Å². The number of hydrogen-bond acceptors (Lipinski definition) is 13. The Morgan fingerprint density at radius 2 is 1.91 bits per heavy atom. The molecule has 7 atom stereocenters. The van der Waals surface area contributed by atoms with Crippen molar-refractivity contribution in [2.45, 2.75) is 30.2 Å². The fourth-order valence-electron chi connectivity index (χ4n) is 2.86. The number of anilines is 1. The van der Waals surface area contributed by atoms with Gasteiger partial charge in [-0.3, -0.25) is 13.7 Å². The number of phosphoric acid groups is 3. The van der Waals surface area contributed by atoms with E-state index < -0.39 is 53.4 Å². The van der Waals surface area contributed by atoms with Gasteiger partial charge in [-0.1, -0.05) is 0 Å². The average Bonchev–Trinajstić information content (AvgIpc) is 3.11. The van der Waals surface area contributed by atoms with Gasteiger partial charge in [0, 0.05) is 0 Å². The van der Waals surface area contributed by atoms with Crippen molar-refractivity contribution >= 4 is 52.1 Å². The molecule has 0 spiro atoms. The molecule has 3 heterocycles. The highest BCUT2D eigenvalue weighted by atomic mass is 35.5. The summed E-state index contributed by atoms with van der Waals surface area (Å²) in [5.74, 6) is 0.0722. The van der Waals surface area contributed by atoms with E-state index in [2.05, 4.69) is 28.1 Å². The van der Waals surface area contributed by atoms with Crippen LogP contribution in [0, 0.1) is 0 Å². The van der Waals surface area contributed by atoms with Crippen molar-refractivity contribution in [3.05, 3.63) is 12.7 Å². The van der Waals surface area contributed by atoms with E-state index in [0.29, 0.717) is 0 Å². The van der Waals surface area contributed by atoms with Crippen LogP contribution < -0.4 is 10.6 Å². The molecule has 0 bridgehead atoms. The highest BCUT2D eigenvalue weighted by Crippen LogP contribution is 2.65. The van der Waals surface area contributed by atoms with Crippen molar-refractivity contribution in [3.63, 3.8) is 0 Å². The molecule has 2 aromatic heterocycles. The Bertz CT molecular complexity index is 1150. The van der Waals surface area contributed by atoms with Crippen LogP contribution in [0.15, 0.2) is 12.7 Å². The van der Waals surface area contributed by atoms with E-state index >= 15 is 0 Å². The molecule has 1 fully saturated rings. The minimum atomic E-state index is -5.79. The molecule has 21 heteroatoms. The van der Waals surface area contributed by atoms with Crippen LogP contribution >= 0.6 is 35.1 Å². The van der Waals surface area contributed by atoms with E-state index in [0.717, 1.165) is 6.33 Å². The first-order chi connectivity index (χ1) is 14.5. The summed E-state index contributed by atoms with van der Waals surface area (Å²) in [6.07, 6.45) is -1.62. The van der Waals surface area contributed by atoms with Gasteiger partial charge in [0.15, 0.2) is 17.7 Å². The lowest BCUT2D eigenvalue weighted by atomic mass is 10.0. The molecular weight excluding hydrogens is 523 g/mol. The first-order valence-electron chi connectivity index (χ1n) is 8.24. The van der Waals surface area contributed by atoms with Gasteiger partial charge in [0.05, 0.1) is 12.9 Å². The molecule has 6 N–H and O–H groups in total. The molecule has 0 radical (unpaired) electrons. The van der Waals surface area contributed by atoms with E-state index in [-0.39, 0.29) is 17.0 Å². The maximum absolute atomic E-state index is 11.9. The molecule has 3 unspecified atom stereocenters. The lowest BCUT2D eigenvalue weighted by Gasteiger charge is -2.26. The third kappa shape index (κ3) is 5.54. The van der Waals surface area contributed by atoms with Gasteiger partial charge < -0.3 is 35.2 Å². The molecule has 1 aliphatic heterocycles. The minimum absolute atomic E-state index is 0.0722. The number of nitrogens with zero attached hydrogens (tertiary/aromatic N) is 4. The van der Waals surface area contributed by atoms with E-state index in [1.54, 1.807) is 0 Å². The van der Waals surface area contributed by atoms with Crippen molar-refractivity contribution in [1.82, 2.24) is 19.5 Å². The number of aromatic nitrogens is 4. The molecule has 1 saturated heterocycles. The smallest absolute Gasteiger partial charge is 0.487 e. The van der Waals surface area contributed by atoms with Crippen molar-refractivity contribution < 1.29 is 56.3 Å². The van der Waals surface area contributed by atoms with E-state index in [1.165, 1.54) is 17.8 Å². The molecule has 1 aliphatic rings. The van der Waals surface area contributed by atoms with E-state index in [4.69, 9.17) is 31.9 Å². The second kappa shape index (κ2) is 8.64. The summed E-state index contributed by atoms with van der Waals surface area (Å²) in [5, 5.41) is 10.5. The van der Waals surface area contributed by atoms with Gasteiger partial charge in [0.25, 0.3) is 7.82 Å². The zero-order chi connectivity index (χ0) is 24.1. The number of fused-ring (bicyclic) bond motifs is 1. The molecule has 17 nitrogen and oxygen atoms in total. The molecule has 0 aliphatic carbocycles. The number of phosphoric ester groups is 1. The second-order valence-corrected chi connectivity index (χ2v) is 11.8. The van der Waals surface area contributed by atoms with E-state index in [1.807, 2.05) is 0 Å². The average molecular weight is 539 g/mol. The number of hydrogen-bond donors (Lipinski definition) is 5. The van der Waals surface area contributed by atoms with Crippen LogP contribution in [0.25, 0.3) is 11.2 Å². The molecule has 0 aromatic carbocycles. The van der Waals surface area contributed by atoms with Crippen LogP contribution in [0.1, 0.15) is 13.2 Å². The number of imidazole rings is 1. The molecule has 0 saturated carbocycles. The molecule has 0 amide bonds. The highest BCUT2D eigenvalue weighted by Gasteiger charge is 2.54. The van der Waals surface area contributed by atoms with Crippen LogP contribution in [0.3, 0.4) is 0 Å². The number of aliphatic hydroxyl groups excluding tert-OH is 1. The maximum Gasteiger partial charge on any atom is 0.487 e. The summed E-state index contributed by atoms with van der Waals surface area (Å²) in [6.45, 7) is 0.476. The van der Waals surface area contributed by atoms with Crippen molar-refractivity contribution in [2.75, 3.05) is 12.3 Å². The number of halogens is 1. The van der Waals surface area contributed by atoms with Crippen molar-refractivity contribution in [2.24, 2.45) is 0 Å². The standard InChI is InChI=1S/C11H17ClN5O12P3/c1-11(12)7(18)5(2-26-31(22,23)29-32(24,25)28-30(19,20)21)27-10(11)17-4-16-6-8(13)14-3-15-9(6)17/h3-5,7,10,18H,2H2,1H3,(H,22,23)(H,24,25)(H2,13,14,15)(H2,19,20,21)/p-1/t5-,7-,10-,11-/m1/s1. The summed E-state index contributed by atoms with van der Waals surface area (Å²) < 4.78 is 52.3. The summed E-state index contributed by atoms with van der Waals surface area (Å²) >= 11 is 6.42.